The average Bonchev–Trinajstić information content (AvgIpc) is 3.45. The molecule has 0 aliphatic rings. The number of nitrogens with zero attached hydrogens (tertiary/aromatic N) is 1. The third-order valence-electron chi connectivity index (χ3n) is 5.81. The average molecular weight is 513 g/mol. The Bertz CT molecular complexity index is 1500. The van der Waals surface area contributed by atoms with E-state index >= 15 is 0 Å². The van der Waals surface area contributed by atoms with Gasteiger partial charge in [-0.3, -0.25) is 4.79 Å². The maximum absolute atomic E-state index is 13.2. The van der Waals surface area contributed by atoms with E-state index in [4.69, 9.17) is 9.72 Å². The van der Waals surface area contributed by atoms with Crippen molar-refractivity contribution in [3.8, 4) is 10.6 Å². The first-order chi connectivity index (χ1) is 17.5. The third-order valence-corrected chi connectivity index (χ3v) is 8.05. The Morgan fingerprint density at radius 3 is 2.31 bits per heavy atom. The van der Waals surface area contributed by atoms with Gasteiger partial charge < -0.3 is 10.1 Å². The van der Waals surface area contributed by atoms with Crippen molar-refractivity contribution < 1.29 is 14.3 Å². The van der Waals surface area contributed by atoms with E-state index in [0.29, 0.717) is 15.4 Å². The molecule has 0 radical (unpaired) electrons. The SMILES string of the molecule is CCOC(=O)c1sc(NC(=O)c2ccc(Cc3ccccc3)cc2)c(-c2nc3ccccc3s2)c1C. The summed E-state index contributed by atoms with van der Waals surface area (Å²) in [6, 6.07) is 25.7. The van der Waals surface area contributed by atoms with Crippen LogP contribution in [0.15, 0.2) is 78.9 Å². The fourth-order valence-corrected chi connectivity index (χ4v) is 6.25. The number of hydrogen-bond donors (Lipinski definition) is 1. The second-order valence-corrected chi connectivity index (χ2v) is 10.3. The van der Waals surface area contributed by atoms with E-state index in [9.17, 15) is 9.59 Å². The molecule has 5 rings (SSSR count). The summed E-state index contributed by atoms with van der Waals surface area (Å²) in [4.78, 5) is 31.1. The van der Waals surface area contributed by atoms with Crippen LogP contribution in [0.4, 0.5) is 5.00 Å². The van der Waals surface area contributed by atoms with E-state index in [-0.39, 0.29) is 12.5 Å². The smallest absolute Gasteiger partial charge is 0.348 e. The van der Waals surface area contributed by atoms with Crippen LogP contribution in [0.2, 0.25) is 0 Å². The fraction of sp³-hybridized carbons (Fsp3) is 0.138. The summed E-state index contributed by atoms with van der Waals surface area (Å²) in [5, 5.41) is 4.38. The molecule has 36 heavy (non-hydrogen) atoms. The van der Waals surface area contributed by atoms with Gasteiger partial charge in [0, 0.05) is 11.1 Å². The largest absolute Gasteiger partial charge is 0.462 e. The van der Waals surface area contributed by atoms with Crippen molar-refractivity contribution in [2.75, 3.05) is 11.9 Å². The zero-order valence-electron chi connectivity index (χ0n) is 19.9. The molecule has 1 N–H and O–H groups in total. The zero-order chi connectivity index (χ0) is 25.1. The number of esters is 1. The number of nitrogens with one attached hydrogen (secondary N) is 1. The summed E-state index contributed by atoms with van der Waals surface area (Å²) >= 11 is 2.76. The van der Waals surface area contributed by atoms with Crippen LogP contribution in [0.5, 0.6) is 0 Å². The minimum Gasteiger partial charge on any atom is -0.462 e. The second-order valence-electron chi connectivity index (χ2n) is 8.28. The van der Waals surface area contributed by atoms with Crippen LogP contribution in [0, 0.1) is 6.92 Å². The van der Waals surface area contributed by atoms with Gasteiger partial charge in [0.25, 0.3) is 5.91 Å². The van der Waals surface area contributed by atoms with Gasteiger partial charge in [-0.05, 0) is 61.2 Å². The molecular formula is C29H24N2O3S2. The first-order valence-corrected chi connectivity index (χ1v) is 13.3. The minimum atomic E-state index is -0.395. The minimum absolute atomic E-state index is 0.236. The number of hydrogen-bond acceptors (Lipinski definition) is 6. The van der Waals surface area contributed by atoms with Crippen LogP contribution in [-0.4, -0.2) is 23.5 Å². The Hall–Kier alpha value is -3.81. The lowest BCUT2D eigenvalue weighted by atomic mass is 10.0. The number of benzene rings is 3. The first-order valence-electron chi connectivity index (χ1n) is 11.6. The molecule has 0 aliphatic carbocycles. The topological polar surface area (TPSA) is 68.3 Å². The van der Waals surface area contributed by atoms with Crippen molar-refractivity contribution in [3.05, 3.63) is 106 Å². The third kappa shape index (κ3) is 4.94. The highest BCUT2D eigenvalue weighted by Crippen LogP contribution is 2.43. The number of thiophene rings is 1. The van der Waals surface area contributed by atoms with Gasteiger partial charge in [0.1, 0.15) is 14.9 Å². The number of carbonyl (C=O) groups excluding carboxylic acids is 2. The molecule has 0 unspecified atom stereocenters. The van der Waals surface area contributed by atoms with Crippen molar-refractivity contribution in [3.63, 3.8) is 0 Å². The summed E-state index contributed by atoms with van der Waals surface area (Å²) in [5.41, 5.74) is 5.29. The molecule has 0 fully saturated rings. The van der Waals surface area contributed by atoms with Crippen LogP contribution < -0.4 is 5.32 Å². The molecule has 5 aromatic rings. The normalized spacial score (nSPS) is 10.9. The summed E-state index contributed by atoms with van der Waals surface area (Å²) in [7, 11) is 0. The van der Waals surface area contributed by atoms with E-state index in [1.54, 1.807) is 6.92 Å². The molecule has 0 atom stereocenters. The van der Waals surface area contributed by atoms with E-state index in [2.05, 4.69) is 17.4 Å². The summed E-state index contributed by atoms with van der Waals surface area (Å²) in [6.45, 7) is 3.93. The highest BCUT2D eigenvalue weighted by molar-refractivity contribution is 7.23. The number of carbonyl (C=O) groups is 2. The maximum Gasteiger partial charge on any atom is 0.348 e. The predicted molar refractivity (Wildman–Crippen MR) is 147 cm³/mol. The number of thiazole rings is 1. The Balaban J connectivity index is 1.45. The Morgan fingerprint density at radius 1 is 0.889 bits per heavy atom. The molecule has 0 aliphatic heterocycles. The highest BCUT2D eigenvalue weighted by Gasteiger charge is 2.25. The fourth-order valence-electron chi connectivity index (χ4n) is 4.01. The van der Waals surface area contributed by atoms with Crippen LogP contribution in [0.25, 0.3) is 20.8 Å². The van der Waals surface area contributed by atoms with Crippen LogP contribution in [-0.2, 0) is 11.2 Å². The molecule has 3 aromatic carbocycles. The molecular weight excluding hydrogens is 488 g/mol. The highest BCUT2D eigenvalue weighted by atomic mass is 32.1. The van der Waals surface area contributed by atoms with Gasteiger partial charge in [-0.25, -0.2) is 9.78 Å². The first kappa shape index (κ1) is 23.9. The number of ether oxygens (including phenoxy) is 1. The van der Waals surface area contributed by atoms with Crippen LogP contribution in [0.3, 0.4) is 0 Å². The summed E-state index contributed by atoms with van der Waals surface area (Å²) in [6.07, 6.45) is 0.803. The molecule has 1 amide bonds. The lowest BCUT2D eigenvalue weighted by Gasteiger charge is -2.07. The van der Waals surface area contributed by atoms with E-state index in [1.165, 1.54) is 28.2 Å². The summed E-state index contributed by atoms with van der Waals surface area (Å²) < 4.78 is 6.31. The molecule has 0 saturated heterocycles. The lowest BCUT2D eigenvalue weighted by molar-refractivity contribution is 0.0531. The zero-order valence-corrected chi connectivity index (χ0v) is 21.5. The van der Waals surface area contributed by atoms with Crippen molar-refractivity contribution in [2.45, 2.75) is 20.3 Å². The monoisotopic (exact) mass is 512 g/mol. The van der Waals surface area contributed by atoms with Crippen LogP contribution in [0.1, 0.15) is 43.6 Å². The number of rotatable bonds is 7. The van der Waals surface area contributed by atoms with Gasteiger partial charge in [0.05, 0.1) is 16.8 Å². The van der Waals surface area contributed by atoms with Gasteiger partial charge in [-0.15, -0.1) is 22.7 Å². The number of anilines is 1. The van der Waals surface area contributed by atoms with E-state index < -0.39 is 5.97 Å². The number of aromatic nitrogens is 1. The number of amides is 1. The quantitative estimate of drug-likeness (QED) is 0.231. The molecule has 5 nitrogen and oxygen atoms in total. The summed E-state index contributed by atoms with van der Waals surface area (Å²) in [5.74, 6) is -0.631. The van der Waals surface area contributed by atoms with Gasteiger partial charge in [0.2, 0.25) is 0 Å². The number of para-hydroxylation sites is 1. The van der Waals surface area contributed by atoms with Crippen molar-refractivity contribution in [2.24, 2.45) is 0 Å². The van der Waals surface area contributed by atoms with Gasteiger partial charge in [-0.1, -0.05) is 54.6 Å². The molecule has 0 saturated carbocycles. The second kappa shape index (κ2) is 10.4. The molecule has 0 spiro atoms. The Morgan fingerprint density at radius 2 is 1.58 bits per heavy atom. The molecule has 2 aromatic heterocycles. The predicted octanol–water partition coefficient (Wildman–Crippen LogP) is 7.35. The number of fused-ring (bicyclic) bond motifs is 1. The maximum atomic E-state index is 13.2. The Kier molecular flexibility index (Phi) is 6.93. The van der Waals surface area contributed by atoms with Gasteiger partial charge >= 0.3 is 5.97 Å². The van der Waals surface area contributed by atoms with Gasteiger partial charge in [-0.2, -0.15) is 0 Å². The molecule has 180 valence electrons. The Labute approximate surface area is 217 Å². The molecule has 0 bridgehead atoms. The van der Waals surface area contributed by atoms with E-state index in [1.807, 2.05) is 73.7 Å². The van der Waals surface area contributed by atoms with E-state index in [0.717, 1.165) is 38.3 Å². The standard InChI is InChI=1S/C29H24N2O3S2/c1-3-34-29(33)25-18(2)24(27-30-22-11-7-8-12-23(22)35-27)28(36-25)31-26(32)21-15-13-20(14-16-21)17-19-9-5-4-6-10-19/h4-16H,3,17H2,1-2H3,(H,31,32). The lowest BCUT2D eigenvalue weighted by Crippen LogP contribution is -2.11. The van der Waals surface area contributed by atoms with Crippen molar-refractivity contribution in [1.29, 1.82) is 0 Å². The van der Waals surface area contributed by atoms with Crippen molar-refractivity contribution in [1.82, 2.24) is 4.98 Å². The molecule has 7 heteroatoms. The molecule has 2 heterocycles. The van der Waals surface area contributed by atoms with Crippen LogP contribution >= 0.6 is 22.7 Å². The van der Waals surface area contributed by atoms with Crippen molar-refractivity contribution >= 4 is 49.8 Å². The van der Waals surface area contributed by atoms with Gasteiger partial charge in [0.15, 0.2) is 0 Å².